The third-order valence-corrected chi connectivity index (χ3v) is 2.58. The lowest BCUT2D eigenvalue weighted by molar-refractivity contribution is -0.305. The topological polar surface area (TPSA) is 52.6 Å². The largest absolute Gasteiger partial charge is 0.438 e. The molecule has 1 aliphatic rings. The summed E-state index contributed by atoms with van der Waals surface area (Å²) in [4.78, 5) is 11.6. The highest BCUT2D eigenvalue weighted by Crippen LogP contribution is 2.41. The van der Waals surface area contributed by atoms with Gasteiger partial charge in [0.15, 0.2) is 0 Å². The molecule has 2 N–H and O–H groups in total. The minimum Gasteiger partial charge on any atom is -0.362 e. The van der Waals surface area contributed by atoms with Crippen molar-refractivity contribution in [1.29, 1.82) is 0 Å². The van der Waals surface area contributed by atoms with Gasteiger partial charge in [0.05, 0.1) is 0 Å². The second kappa shape index (κ2) is 4.21. The fourth-order valence-corrected chi connectivity index (χ4v) is 1.51. The van der Waals surface area contributed by atoms with Gasteiger partial charge in [-0.25, -0.2) is 5.01 Å². The van der Waals surface area contributed by atoms with Gasteiger partial charge < -0.3 is 5.11 Å². The molecule has 0 spiro atoms. The first-order valence-corrected chi connectivity index (χ1v) is 5.18. The average molecular weight is 252 g/mol. The van der Waals surface area contributed by atoms with E-state index in [2.05, 4.69) is 5.43 Å². The highest BCUT2D eigenvalue weighted by atomic mass is 19.4. The third kappa shape index (κ3) is 2.24. The van der Waals surface area contributed by atoms with Crippen LogP contribution in [0.2, 0.25) is 0 Å². The van der Waals surface area contributed by atoms with Gasteiger partial charge in [0.25, 0.3) is 5.72 Å². The molecule has 1 heterocycles. The van der Waals surface area contributed by atoms with Gasteiger partial charge in [-0.3, -0.25) is 10.2 Å². The number of amides is 1. The lowest BCUT2D eigenvalue weighted by Gasteiger charge is -2.34. The number of hydrogen-bond donors (Lipinski definition) is 2. The first-order valence-electron chi connectivity index (χ1n) is 5.18. The van der Waals surface area contributed by atoms with Gasteiger partial charge in [-0.1, -0.05) is 19.9 Å². The van der Waals surface area contributed by atoms with E-state index in [9.17, 15) is 23.1 Å². The van der Waals surface area contributed by atoms with Crippen LogP contribution in [0, 0.1) is 5.92 Å². The van der Waals surface area contributed by atoms with Gasteiger partial charge in [-0.2, -0.15) is 13.2 Å². The SMILES string of the molecule is CC=C1CC(O)(C(F)(F)F)N(C(=O)C(C)C)N1. The molecule has 0 radical (unpaired) electrons. The Bertz CT molecular complexity index is 352. The highest BCUT2D eigenvalue weighted by molar-refractivity contribution is 5.79. The number of hydrogen-bond acceptors (Lipinski definition) is 3. The zero-order chi connectivity index (χ0) is 13.4. The Kier molecular flexibility index (Phi) is 3.42. The lowest BCUT2D eigenvalue weighted by Crippen LogP contribution is -2.60. The molecule has 0 bridgehead atoms. The first-order chi connectivity index (χ1) is 7.63. The molecule has 1 atom stereocenters. The zero-order valence-electron chi connectivity index (χ0n) is 9.80. The van der Waals surface area contributed by atoms with Crippen molar-refractivity contribution in [1.82, 2.24) is 10.4 Å². The van der Waals surface area contributed by atoms with Crippen LogP contribution in [-0.2, 0) is 4.79 Å². The van der Waals surface area contributed by atoms with Crippen LogP contribution in [0.4, 0.5) is 13.2 Å². The molecule has 0 aliphatic carbocycles. The van der Waals surface area contributed by atoms with E-state index in [1.54, 1.807) is 0 Å². The number of allylic oxidation sites excluding steroid dienone is 1. The maximum absolute atomic E-state index is 12.8. The summed E-state index contributed by atoms with van der Waals surface area (Å²) in [7, 11) is 0. The van der Waals surface area contributed by atoms with Gasteiger partial charge in [-0.05, 0) is 6.92 Å². The van der Waals surface area contributed by atoms with E-state index in [-0.39, 0.29) is 10.7 Å². The van der Waals surface area contributed by atoms with Gasteiger partial charge in [-0.15, -0.1) is 0 Å². The summed E-state index contributed by atoms with van der Waals surface area (Å²) in [6, 6.07) is 0. The Morgan fingerprint density at radius 1 is 1.59 bits per heavy atom. The molecular formula is C10H15F3N2O2. The van der Waals surface area contributed by atoms with E-state index in [1.165, 1.54) is 26.8 Å². The molecule has 7 heteroatoms. The molecule has 4 nitrogen and oxygen atoms in total. The van der Waals surface area contributed by atoms with Crippen molar-refractivity contribution in [2.24, 2.45) is 5.92 Å². The Hall–Kier alpha value is -1.24. The van der Waals surface area contributed by atoms with Crippen LogP contribution >= 0.6 is 0 Å². The molecule has 1 rings (SSSR count). The number of alkyl halides is 3. The van der Waals surface area contributed by atoms with Crippen LogP contribution in [0.3, 0.4) is 0 Å². The van der Waals surface area contributed by atoms with Crippen LogP contribution in [0.5, 0.6) is 0 Å². The van der Waals surface area contributed by atoms with Crippen molar-refractivity contribution in [3.63, 3.8) is 0 Å². The smallest absolute Gasteiger partial charge is 0.362 e. The number of hydrazine groups is 1. The molecule has 0 aromatic carbocycles. The van der Waals surface area contributed by atoms with Crippen molar-refractivity contribution in [3.05, 3.63) is 11.8 Å². The predicted molar refractivity (Wildman–Crippen MR) is 54.2 cm³/mol. The van der Waals surface area contributed by atoms with Crippen LogP contribution in [0.25, 0.3) is 0 Å². The Morgan fingerprint density at radius 2 is 2.12 bits per heavy atom. The molecule has 0 aromatic heterocycles. The number of nitrogens with zero attached hydrogens (tertiary/aromatic N) is 1. The van der Waals surface area contributed by atoms with E-state index in [1.807, 2.05) is 0 Å². The molecule has 1 saturated heterocycles. The minimum atomic E-state index is -4.91. The van der Waals surface area contributed by atoms with Crippen molar-refractivity contribution >= 4 is 5.91 Å². The predicted octanol–water partition coefficient (Wildman–Crippen LogP) is 1.53. The fourth-order valence-electron chi connectivity index (χ4n) is 1.51. The molecule has 1 unspecified atom stereocenters. The maximum atomic E-state index is 12.8. The minimum absolute atomic E-state index is 0.166. The highest BCUT2D eigenvalue weighted by Gasteiger charge is 2.63. The van der Waals surface area contributed by atoms with E-state index in [4.69, 9.17) is 0 Å². The van der Waals surface area contributed by atoms with Gasteiger partial charge in [0.2, 0.25) is 5.91 Å². The van der Waals surface area contributed by atoms with Crippen LogP contribution in [-0.4, -0.2) is 27.9 Å². The molecule has 98 valence electrons. The average Bonchev–Trinajstić information content (AvgIpc) is 2.55. The van der Waals surface area contributed by atoms with Crippen LogP contribution < -0.4 is 5.43 Å². The summed E-state index contributed by atoms with van der Waals surface area (Å²) in [5.41, 5.74) is -0.711. The number of carbonyl (C=O) groups is 1. The summed E-state index contributed by atoms with van der Waals surface area (Å²) >= 11 is 0. The fraction of sp³-hybridized carbons (Fsp3) is 0.700. The number of aliphatic hydroxyl groups is 1. The van der Waals surface area contributed by atoms with Crippen LogP contribution in [0.1, 0.15) is 27.2 Å². The zero-order valence-corrected chi connectivity index (χ0v) is 9.80. The second-order valence-electron chi connectivity index (χ2n) is 4.25. The first kappa shape index (κ1) is 13.8. The molecular weight excluding hydrogens is 237 g/mol. The molecule has 1 amide bonds. The van der Waals surface area contributed by atoms with Crippen molar-refractivity contribution in [2.45, 2.75) is 39.1 Å². The van der Waals surface area contributed by atoms with E-state index >= 15 is 0 Å². The standard InChI is InChI=1S/C10H15F3N2O2/c1-4-7-5-9(17,10(11,12)13)15(14-7)8(16)6(2)3/h4,6,14,17H,5H2,1-3H3. The van der Waals surface area contributed by atoms with Gasteiger partial charge >= 0.3 is 6.18 Å². The maximum Gasteiger partial charge on any atom is 0.438 e. The summed E-state index contributed by atoms with van der Waals surface area (Å²) < 4.78 is 38.5. The molecule has 17 heavy (non-hydrogen) atoms. The summed E-state index contributed by atoms with van der Waals surface area (Å²) in [5.74, 6) is -1.45. The third-order valence-electron chi connectivity index (χ3n) is 2.58. The van der Waals surface area contributed by atoms with E-state index in [0.29, 0.717) is 0 Å². The quantitative estimate of drug-likeness (QED) is 0.744. The Labute approximate surface area is 97.1 Å². The number of carbonyl (C=O) groups excluding carboxylic acids is 1. The normalized spacial score (nSPS) is 27.8. The molecule has 0 aromatic rings. The number of halogens is 3. The molecule has 1 fully saturated rings. The van der Waals surface area contributed by atoms with E-state index < -0.39 is 30.1 Å². The van der Waals surface area contributed by atoms with Crippen molar-refractivity contribution < 1.29 is 23.1 Å². The summed E-state index contributed by atoms with van der Waals surface area (Å²) in [6.45, 7) is 4.46. The van der Waals surface area contributed by atoms with Gasteiger partial charge in [0, 0.05) is 18.0 Å². The van der Waals surface area contributed by atoms with Crippen molar-refractivity contribution in [2.75, 3.05) is 0 Å². The number of rotatable bonds is 1. The lowest BCUT2D eigenvalue weighted by atomic mass is 10.1. The van der Waals surface area contributed by atoms with Gasteiger partial charge in [0.1, 0.15) is 0 Å². The summed E-state index contributed by atoms with van der Waals surface area (Å²) in [5, 5.41) is 9.96. The summed E-state index contributed by atoms with van der Waals surface area (Å²) in [6.07, 6.45) is -4.19. The molecule has 0 saturated carbocycles. The Morgan fingerprint density at radius 3 is 2.47 bits per heavy atom. The number of nitrogens with one attached hydrogen (secondary N) is 1. The molecule has 1 aliphatic heterocycles. The van der Waals surface area contributed by atoms with E-state index in [0.717, 1.165) is 0 Å². The van der Waals surface area contributed by atoms with Crippen LogP contribution in [0.15, 0.2) is 11.8 Å². The van der Waals surface area contributed by atoms with Crippen molar-refractivity contribution in [3.8, 4) is 0 Å². The second-order valence-corrected chi connectivity index (χ2v) is 4.25. The Balaban J connectivity index is 3.14. The monoisotopic (exact) mass is 252 g/mol.